The lowest BCUT2D eigenvalue weighted by Gasteiger charge is -2.25. The summed E-state index contributed by atoms with van der Waals surface area (Å²) in [6, 6.07) is 20.2. The summed E-state index contributed by atoms with van der Waals surface area (Å²) in [6.07, 6.45) is 0. The summed E-state index contributed by atoms with van der Waals surface area (Å²) in [4.78, 5) is 5.85. The number of aromatic nitrogens is 1. The largest absolute Gasteiger partial charge is 0.344 e. The van der Waals surface area contributed by atoms with Crippen molar-refractivity contribution in [2.45, 2.75) is 13.8 Å². The monoisotopic (exact) mass is 512 g/mol. The zero-order chi connectivity index (χ0) is 16.5. The van der Waals surface area contributed by atoms with Crippen LogP contribution in [0.15, 0.2) is 65.8 Å². The summed E-state index contributed by atoms with van der Waals surface area (Å²) in [5.41, 5.74) is 6.44. The van der Waals surface area contributed by atoms with E-state index in [9.17, 15) is 0 Å². The molecule has 2 heterocycles. The Labute approximate surface area is 184 Å². The van der Waals surface area contributed by atoms with Gasteiger partial charge in [-0.25, -0.2) is 4.98 Å². The average Bonchev–Trinajstić information content (AvgIpc) is 3.21. The summed E-state index contributed by atoms with van der Waals surface area (Å²) < 4.78 is 0. The smallest absolute Gasteiger partial charge is 0.230 e. The third-order valence-electron chi connectivity index (χ3n) is 3.83. The Kier molecular flexibility index (Phi) is 8.42. The molecule has 3 aromatic rings. The number of rotatable bonds is 3. The fourth-order valence-electron chi connectivity index (χ4n) is 2.44. The van der Waals surface area contributed by atoms with Crippen molar-refractivity contribution >= 4 is 62.0 Å². The Hall–Kier alpha value is -1.94. The third kappa shape index (κ3) is 4.67. The molecule has 0 saturated heterocycles. The zero-order valence-corrected chi connectivity index (χ0v) is 19.2. The van der Waals surface area contributed by atoms with Crippen LogP contribution in [0.25, 0.3) is 0 Å². The highest BCUT2D eigenvalue weighted by molar-refractivity contribution is 8.93. The molecule has 1 aliphatic heterocycles. The van der Waals surface area contributed by atoms with E-state index in [-0.39, 0.29) is 40.1 Å². The number of hydrazine groups is 2. The predicted octanol–water partition coefficient (Wildman–Crippen LogP) is 5.19. The van der Waals surface area contributed by atoms with E-state index in [2.05, 4.69) is 17.3 Å². The van der Waals surface area contributed by atoms with E-state index < -0.39 is 0 Å². The van der Waals surface area contributed by atoms with Crippen molar-refractivity contribution in [3.8, 4) is 0 Å². The number of anilines is 2. The number of hydrogen-bond donors (Lipinski definition) is 2. The molecule has 0 saturated carbocycles. The highest BCUT2D eigenvalue weighted by Gasteiger charge is 2.28. The fraction of sp³-hybridized carbons (Fsp3) is 0.111. The maximum Gasteiger partial charge on any atom is 0.230 e. The van der Waals surface area contributed by atoms with Crippen LogP contribution in [0.2, 0.25) is 0 Å². The van der Waals surface area contributed by atoms with Crippen molar-refractivity contribution in [2.24, 2.45) is 5.10 Å². The number of hydrazone groups is 1. The first-order valence-electron chi connectivity index (χ1n) is 7.72. The third-order valence-corrected chi connectivity index (χ3v) is 4.87. The van der Waals surface area contributed by atoms with E-state index in [0.717, 1.165) is 27.9 Å². The molecule has 144 valence electrons. The number of aryl methyl sites for hydroxylation is 2. The second kappa shape index (κ2) is 9.84. The zero-order valence-electron chi connectivity index (χ0n) is 15.0. The first-order chi connectivity index (χ1) is 11.7. The second-order valence-electron chi connectivity index (χ2n) is 5.50. The van der Waals surface area contributed by atoms with Gasteiger partial charge in [0.15, 0.2) is 5.84 Å². The van der Waals surface area contributed by atoms with E-state index in [0.29, 0.717) is 0 Å². The van der Waals surface area contributed by atoms with Gasteiger partial charge >= 0.3 is 0 Å². The van der Waals surface area contributed by atoms with Crippen LogP contribution in [0, 0.1) is 13.8 Å². The maximum atomic E-state index is 4.75. The molecule has 1 aromatic heterocycles. The van der Waals surface area contributed by atoms with Crippen molar-refractivity contribution in [1.29, 1.82) is 0 Å². The number of nitrogens with zero attached hydrogens (tertiary/aromatic N) is 4. The molecule has 2 aromatic carbocycles. The fourth-order valence-corrected chi connectivity index (χ4v) is 3.29. The van der Waals surface area contributed by atoms with E-state index in [1.807, 2.05) is 77.8 Å². The van der Waals surface area contributed by atoms with E-state index in [4.69, 9.17) is 5.10 Å². The second-order valence-corrected chi connectivity index (χ2v) is 6.68. The Morgan fingerprint density at radius 1 is 0.889 bits per heavy atom. The van der Waals surface area contributed by atoms with Gasteiger partial charge in [0, 0.05) is 10.4 Å². The van der Waals surface area contributed by atoms with Gasteiger partial charge in [-0.15, -0.1) is 44.2 Å². The van der Waals surface area contributed by atoms with Crippen molar-refractivity contribution in [3.05, 3.63) is 76.8 Å². The molecule has 0 fully saturated rings. The average molecular weight is 514 g/mol. The van der Waals surface area contributed by atoms with Gasteiger partial charge in [-0.2, -0.15) is 5.12 Å². The van der Waals surface area contributed by atoms with Gasteiger partial charge in [0.05, 0.1) is 11.4 Å². The van der Waals surface area contributed by atoms with Gasteiger partial charge in [-0.05, 0) is 26.0 Å². The molecule has 6 nitrogen and oxygen atoms in total. The first-order valence-corrected chi connectivity index (χ1v) is 8.54. The number of halogens is 2. The molecule has 0 unspecified atom stereocenters. The molecule has 0 amide bonds. The molecule has 0 spiro atoms. The molecule has 4 rings (SSSR count). The van der Waals surface area contributed by atoms with Gasteiger partial charge in [-0.1, -0.05) is 59.9 Å². The summed E-state index contributed by atoms with van der Waals surface area (Å²) >= 11 is 1.63. The lowest BCUT2D eigenvalue weighted by molar-refractivity contribution is 0.766. The number of benzene rings is 2. The van der Waals surface area contributed by atoms with Crippen LogP contribution in [-0.4, -0.2) is 10.8 Å². The Balaban J connectivity index is 0.00000121. The van der Waals surface area contributed by atoms with Crippen LogP contribution in [0.4, 0.5) is 10.8 Å². The summed E-state index contributed by atoms with van der Waals surface area (Å²) in [5.74, 6) is 0.796. The van der Waals surface area contributed by atoms with Crippen LogP contribution >= 0.6 is 45.3 Å². The van der Waals surface area contributed by atoms with Crippen LogP contribution in [0.5, 0.6) is 0 Å². The quantitative estimate of drug-likeness (QED) is 0.504. The number of amidine groups is 1. The van der Waals surface area contributed by atoms with Gasteiger partial charge < -0.3 is 6.15 Å². The normalized spacial score (nSPS) is 12.3. The first kappa shape index (κ1) is 23.1. The van der Waals surface area contributed by atoms with Crippen molar-refractivity contribution in [1.82, 2.24) is 16.6 Å². The van der Waals surface area contributed by atoms with Crippen molar-refractivity contribution in [2.75, 3.05) is 10.2 Å². The number of thiazole rings is 1. The van der Waals surface area contributed by atoms with Crippen molar-refractivity contribution < 1.29 is 0 Å². The topological polar surface area (TPSA) is 78.8 Å². The van der Waals surface area contributed by atoms with Gasteiger partial charge in [-0.3, -0.25) is 5.43 Å². The highest BCUT2D eigenvalue weighted by Crippen LogP contribution is 2.30. The molecule has 0 radical (unpaired) electrons. The van der Waals surface area contributed by atoms with E-state index in [1.54, 1.807) is 11.3 Å². The van der Waals surface area contributed by atoms with Crippen LogP contribution in [0.1, 0.15) is 16.1 Å². The number of hydrogen-bond acceptors (Lipinski definition) is 7. The van der Waals surface area contributed by atoms with Crippen molar-refractivity contribution in [3.63, 3.8) is 0 Å². The minimum atomic E-state index is 0. The predicted molar refractivity (Wildman–Crippen MR) is 125 cm³/mol. The summed E-state index contributed by atoms with van der Waals surface area (Å²) in [7, 11) is 0. The standard InChI is InChI=1S/C18H17N5S.2BrH.H3N/c1-13-14(2)24-18(19-13)23-21-17(15-9-5-3-6-10-15)20-22(23)16-11-7-4-8-12-16;;;/h3-12H,1-2H3,(H,20,21);2*1H;1H3. The lowest BCUT2D eigenvalue weighted by atomic mass is 10.2. The van der Waals surface area contributed by atoms with E-state index in [1.165, 1.54) is 4.88 Å². The summed E-state index contributed by atoms with van der Waals surface area (Å²) in [5, 5.41) is 9.33. The number of para-hydroxylation sites is 1. The SMILES string of the molecule is Br.Br.Cc1nc(N2N=C(c3ccccc3)NN2c2ccccc2)sc1C.N. The number of nitrogens with one attached hydrogen (secondary N) is 1. The molecular weight excluding hydrogens is 492 g/mol. The highest BCUT2D eigenvalue weighted by atomic mass is 79.9. The molecule has 0 atom stereocenters. The van der Waals surface area contributed by atoms with Gasteiger partial charge in [0.1, 0.15) is 0 Å². The van der Waals surface area contributed by atoms with Crippen LogP contribution in [0.3, 0.4) is 0 Å². The maximum absolute atomic E-state index is 4.75. The summed E-state index contributed by atoms with van der Waals surface area (Å²) in [6.45, 7) is 4.10. The molecule has 27 heavy (non-hydrogen) atoms. The molecule has 9 heteroatoms. The van der Waals surface area contributed by atoms with Crippen LogP contribution < -0.4 is 21.8 Å². The molecule has 4 N–H and O–H groups in total. The molecule has 1 aliphatic rings. The molecule has 0 aliphatic carbocycles. The van der Waals surface area contributed by atoms with Crippen LogP contribution in [-0.2, 0) is 0 Å². The molecular formula is C18H22Br2N6S. The Morgan fingerprint density at radius 3 is 2.04 bits per heavy atom. The lowest BCUT2D eigenvalue weighted by Crippen LogP contribution is -2.44. The minimum Gasteiger partial charge on any atom is -0.344 e. The van der Waals surface area contributed by atoms with Gasteiger partial charge in [0.2, 0.25) is 5.13 Å². The minimum absolute atomic E-state index is 0. The Morgan fingerprint density at radius 2 is 1.48 bits per heavy atom. The molecule has 0 bridgehead atoms. The Bertz CT molecular complexity index is 866. The van der Waals surface area contributed by atoms with Gasteiger partial charge in [0.25, 0.3) is 0 Å². The van der Waals surface area contributed by atoms with E-state index >= 15 is 0 Å².